The first-order valence-corrected chi connectivity index (χ1v) is 6.76. The SMILES string of the molecule is CC1CCOC(C)C1.COCCN1CCNC1=O. The van der Waals surface area contributed by atoms with Gasteiger partial charge in [0.05, 0.1) is 12.7 Å². The van der Waals surface area contributed by atoms with Crippen molar-refractivity contribution in [2.45, 2.75) is 32.8 Å². The van der Waals surface area contributed by atoms with E-state index in [1.54, 1.807) is 12.0 Å². The van der Waals surface area contributed by atoms with Gasteiger partial charge in [-0.3, -0.25) is 0 Å². The number of carbonyl (C=O) groups is 1. The Balaban J connectivity index is 0.000000184. The standard InChI is InChI=1S/C7H14O.C6H12N2O2/c1-6-3-4-8-7(2)5-6;1-10-5-4-8-3-2-7-6(8)9/h6-7H,3-5H2,1-2H3;2-5H2,1H3,(H,7,9). The molecule has 1 N–H and O–H groups in total. The summed E-state index contributed by atoms with van der Waals surface area (Å²) in [5.74, 6) is 0.888. The highest BCUT2D eigenvalue weighted by atomic mass is 16.5. The van der Waals surface area contributed by atoms with Crippen molar-refractivity contribution in [3.05, 3.63) is 0 Å². The van der Waals surface area contributed by atoms with Crippen LogP contribution in [0.1, 0.15) is 26.7 Å². The van der Waals surface area contributed by atoms with Crippen molar-refractivity contribution in [2.75, 3.05) is 40.0 Å². The molecule has 18 heavy (non-hydrogen) atoms. The summed E-state index contributed by atoms with van der Waals surface area (Å²) in [7, 11) is 1.63. The third-order valence-electron chi connectivity index (χ3n) is 3.26. The predicted octanol–water partition coefficient (Wildman–Crippen LogP) is 1.48. The normalized spacial score (nSPS) is 27.5. The summed E-state index contributed by atoms with van der Waals surface area (Å²) in [6.07, 6.45) is 3.02. The lowest BCUT2D eigenvalue weighted by Gasteiger charge is -2.23. The van der Waals surface area contributed by atoms with Crippen molar-refractivity contribution >= 4 is 6.03 Å². The minimum atomic E-state index is 0.0250. The molecule has 0 aromatic rings. The fourth-order valence-electron chi connectivity index (χ4n) is 2.15. The highest BCUT2D eigenvalue weighted by Gasteiger charge is 2.17. The minimum absolute atomic E-state index is 0.0250. The molecule has 2 rings (SSSR count). The fourth-order valence-corrected chi connectivity index (χ4v) is 2.15. The van der Waals surface area contributed by atoms with Crippen LogP contribution < -0.4 is 5.32 Å². The summed E-state index contributed by atoms with van der Waals surface area (Å²) >= 11 is 0. The first-order valence-electron chi connectivity index (χ1n) is 6.76. The number of ether oxygens (including phenoxy) is 2. The quantitative estimate of drug-likeness (QED) is 0.834. The highest BCUT2D eigenvalue weighted by molar-refractivity contribution is 5.76. The van der Waals surface area contributed by atoms with E-state index < -0.39 is 0 Å². The van der Waals surface area contributed by atoms with Crippen LogP contribution in [-0.4, -0.2) is 57.0 Å². The number of nitrogens with one attached hydrogen (secondary N) is 1. The van der Waals surface area contributed by atoms with Gasteiger partial charge in [-0.15, -0.1) is 0 Å². The van der Waals surface area contributed by atoms with Gasteiger partial charge in [0.25, 0.3) is 0 Å². The molecule has 2 aliphatic rings. The van der Waals surface area contributed by atoms with Crippen molar-refractivity contribution in [1.29, 1.82) is 0 Å². The molecule has 0 spiro atoms. The largest absolute Gasteiger partial charge is 0.383 e. The van der Waals surface area contributed by atoms with Gasteiger partial charge in [-0.05, 0) is 25.7 Å². The lowest BCUT2D eigenvalue weighted by atomic mass is 9.99. The van der Waals surface area contributed by atoms with Crippen LogP contribution in [0, 0.1) is 5.92 Å². The second-order valence-electron chi connectivity index (χ2n) is 5.02. The van der Waals surface area contributed by atoms with Crippen LogP contribution in [0.4, 0.5) is 4.79 Å². The van der Waals surface area contributed by atoms with Crippen molar-refractivity contribution < 1.29 is 14.3 Å². The summed E-state index contributed by atoms with van der Waals surface area (Å²) < 4.78 is 10.2. The number of nitrogens with zero attached hydrogens (tertiary/aromatic N) is 1. The van der Waals surface area contributed by atoms with E-state index in [9.17, 15) is 4.79 Å². The lowest BCUT2D eigenvalue weighted by Crippen LogP contribution is -2.30. The van der Waals surface area contributed by atoms with Crippen LogP contribution in [0.15, 0.2) is 0 Å². The molecule has 2 fully saturated rings. The summed E-state index contributed by atoms with van der Waals surface area (Å²) in [4.78, 5) is 12.6. The smallest absolute Gasteiger partial charge is 0.317 e. The van der Waals surface area contributed by atoms with Crippen molar-refractivity contribution in [2.24, 2.45) is 5.92 Å². The molecule has 2 heterocycles. The van der Waals surface area contributed by atoms with Crippen LogP contribution in [0.25, 0.3) is 0 Å². The molecule has 2 amide bonds. The second kappa shape index (κ2) is 8.32. The molecule has 5 heteroatoms. The molecule has 0 saturated carbocycles. The molecule has 2 unspecified atom stereocenters. The molecule has 0 aromatic carbocycles. The van der Waals surface area contributed by atoms with Gasteiger partial charge in [-0.1, -0.05) is 6.92 Å². The van der Waals surface area contributed by atoms with Gasteiger partial charge in [-0.25, -0.2) is 4.79 Å². The maximum absolute atomic E-state index is 10.8. The lowest BCUT2D eigenvalue weighted by molar-refractivity contribution is 0.00682. The van der Waals surface area contributed by atoms with Gasteiger partial charge in [-0.2, -0.15) is 0 Å². The average Bonchev–Trinajstić information content (AvgIpc) is 2.73. The highest BCUT2D eigenvalue weighted by Crippen LogP contribution is 2.18. The zero-order valence-electron chi connectivity index (χ0n) is 11.8. The Bertz CT molecular complexity index is 240. The molecule has 2 atom stereocenters. The van der Waals surface area contributed by atoms with Gasteiger partial charge in [0.1, 0.15) is 0 Å². The molecule has 0 aliphatic carbocycles. The van der Waals surface area contributed by atoms with Gasteiger partial charge in [0.2, 0.25) is 0 Å². The number of rotatable bonds is 3. The summed E-state index contributed by atoms with van der Waals surface area (Å²) in [5.41, 5.74) is 0. The van der Waals surface area contributed by atoms with Crippen LogP contribution in [-0.2, 0) is 9.47 Å². The zero-order chi connectivity index (χ0) is 13.4. The number of urea groups is 1. The second-order valence-corrected chi connectivity index (χ2v) is 5.02. The fraction of sp³-hybridized carbons (Fsp3) is 0.923. The van der Waals surface area contributed by atoms with Gasteiger partial charge in [0.15, 0.2) is 0 Å². The molecule has 0 bridgehead atoms. The van der Waals surface area contributed by atoms with E-state index in [1.165, 1.54) is 12.8 Å². The van der Waals surface area contributed by atoms with E-state index in [2.05, 4.69) is 19.2 Å². The van der Waals surface area contributed by atoms with Crippen molar-refractivity contribution in [1.82, 2.24) is 10.2 Å². The van der Waals surface area contributed by atoms with E-state index in [1.807, 2.05) is 0 Å². The Hall–Kier alpha value is -0.810. The molecular formula is C13H26N2O3. The van der Waals surface area contributed by atoms with E-state index in [-0.39, 0.29) is 6.03 Å². The molecular weight excluding hydrogens is 232 g/mol. The van der Waals surface area contributed by atoms with E-state index in [4.69, 9.17) is 9.47 Å². The third kappa shape index (κ3) is 5.69. The molecule has 2 aliphatic heterocycles. The van der Waals surface area contributed by atoms with E-state index in [0.29, 0.717) is 19.3 Å². The maximum Gasteiger partial charge on any atom is 0.317 e. The van der Waals surface area contributed by atoms with Crippen LogP contribution in [0.5, 0.6) is 0 Å². The van der Waals surface area contributed by atoms with E-state index in [0.717, 1.165) is 25.6 Å². The molecule has 2 saturated heterocycles. The van der Waals surface area contributed by atoms with Gasteiger partial charge < -0.3 is 19.7 Å². The summed E-state index contributed by atoms with van der Waals surface area (Å²) in [5, 5.41) is 2.71. The Labute approximate surface area is 110 Å². The van der Waals surface area contributed by atoms with Crippen LogP contribution in [0.2, 0.25) is 0 Å². The number of amides is 2. The van der Waals surface area contributed by atoms with Crippen LogP contribution >= 0.6 is 0 Å². The molecule has 0 radical (unpaired) electrons. The van der Waals surface area contributed by atoms with Crippen LogP contribution in [0.3, 0.4) is 0 Å². The summed E-state index contributed by atoms with van der Waals surface area (Å²) in [6.45, 7) is 8.30. The number of methoxy groups -OCH3 is 1. The van der Waals surface area contributed by atoms with Gasteiger partial charge in [0, 0.05) is 33.4 Å². The van der Waals surface area contributed by atoms with E-state index >= 15 is 0 Å². The first kappa shape index (κ1) is 15.2. The minimum Gasteiger partial charge on any atom is -0.383 e. The Morgan fingerprint density at radius 2 is 2.28 bits per heavy atom. The summed E-state index contributed by atoms with van der Waals surface area (Å²) in [6, 6.07) is 0.0250. The Morgan fingerprint density at radius 3 is 2.72 bits per heavy atom. The Kier molecular flexibility index (Phi) is 7.05. The first-order chi connectivity index (χ1) is 8.63. The Morgan fingerprint density at radius 1 is 1.50 bits per heavy atom. The topological polar surface area (TPSA) is 50.8 Å². The maximum atomic E-state index is 10.8. The number of carbonyl (C=O) groups excluding carboxylic acids is 1. The average molecular weight is 258 g/mol. The third-order valence-corrected chi connectivity index (χ3v) is 3.26. The van der Waals surface area contributed by atoms with Gasteiger partial charge >= 0.3 is 6.03 Å². The predicted molar refractivity (Wildman–Crippen MR) is 70.7 cm³/mol. The zero-order valence-corrected chi connectivity index (χ0v) is 11.8. The number of hydrogen-bond acceptors (Lipinski definition) is 3. The van der Waals surface area contributed by atoms with Crippen molar-refractivity contribution in [3.63, 3.8) is 0 Å². The molecule has 5 nitrogen and oxygen atoms in total. The monoisotopic (exact) mass is 258 g/mol. The molecule has 0 aromatic heterocycles. The van der Waals surface area contributed by atoms with Crippen molar-refractivity contribution in [3.8, 4) is 0 Å². The molecule has 106 valence electrons. The number of hydrogen-bond donors (Lipinski definition) is 1.